The van der Waals surface area contributed by atoms with Crippen LogP contribution in [0.4, 0.5) is 0 Å². The Balaban J connectivity index is 3.39. The highest BCUT2D eigenvalue weighted by Gasteiger charge is 2.20. The molecule has 0 aliphatic rings. The third kappa shape index (κ3) is 2.93. The average Bonchev–Trinajstić information content (AvgIpc) is 2.19. The number of hydrogen-bond donors (Lipinski definition) is 1. The van der Waals surface area contributed by atoms with Crippen LogP contribution in [0.2, 0.25) is 0 Å². The minimum absolute atomic E-state index is 0.0810. The van der Waals surface area contributed by atoms with Gasteiger partial charge in [0.1, 0.15) is 5.56 Å². The summed E-state index contributed by atoms with van der Waals surface area (Å²) in [6.45, 7) is 8.04. The first-order chi connectivity index (χ1) is 7.84. The number of nitrogens with zero attached hydrogens (tertiary/aromatic N) is 2. The van der Waals surface area contributed by atoms with Crippen LogP contribution >= 0.6 is 0 Å². The van der Waals surface area contributed by atoms with Crippen LogP contribution < -0.4 is 5.56 Å². The minimum Gasteiger partial charge on any atom is -0.477 e. The second-order valence-corrected chi connectivity index (χ2v) is 4.82. The van der Waals surface area contributed by atoms with Crippen molar-refractivity contribution in [3.8, 4) is 0 Å². The van der Waals surface area contributed by atoms with Crippen molar-refractivity contribution in [1.82, 2.24) is 9.55 Å². The number of carboxylic acids is 1. The molecule has 0 radical (unpaired) electrons. The van der Waals surface area contributed by atoms with E-state index >= 15 is 0 Å². The van der Waals surface area contributed by atoms with Gasteiger partial charge in [0.25, 0.3) is 5.56 Å². The molecule has 1 rings (SSSR count). The largest absolute Gasteiger partial charge is 0.477 e. The molecule has 17 heavy (non-hydrogen) atoms. The predicted octanol–water partition coefficient (Wildman–Crippen LogP) is 1.72. The van der Waals surface area contributed by atoms with E-state index in [1.165, 1.54) is 10.9 Å². The fraction of sp³-hybridized carbons (Fsp3) is 0.583. The summed E-state index contributed by atoms with van der Waals surface area (Å²) in [5.41, 5.74) is -0.324. The van der Waals surface area contributed by atoms with E-state index in [0.717, 1.165) is 0 Å². The van der Waals surface area contributed by atoms with E-state index < -0.39 is 11.5 Å². The highest BCUT2D eigenvalue weighted by Crippen LogP contribution is 2.13. The van der Waals surface area contributed by atoms with Gasteiger partial charge in [-0.25, -0.2) is 9.78 Å². The van der Waals surface area contributed by atoms with Crippen molar-refractivity contribution in [3.05, 3.63) is 27.9 Å². The van der Waals surface area contributed by atoms with E-state index in [1.54, 1.807) is 0 Å². The number of rotatable bonds is 4. The Morgan fingerprint density at radius 1 is 1.41 bits per heavy atom. The lowest BCUT2D eigenvalue weighted by Gasteiger charge is -2.12. The van der Waals surface area contributed by atoms with Gasteiger partial charge in [0.05, 0.1) is 12.0 Å². The van der Waals surface area contributed by atoms with Crippen LogP contribution in [0.5, 0.6) is 0 Å². The van der Waals surface area contributed by atoms with Crippen molar-refractivity contribution in [2.75, 3.05) is 0 Å². The van der Waals surface area contributed by atoms with Gasteiger partial charge in [-0.05, 0) is 11.8 Å². The van der Waals surface area contributed by atoms with E-state index in [9.17, 15) is 9.59 Å². The zero-order valence-electron chi connectivity index (χ0n) is 10.6. The fourth-order valence-corrected chi connectivity index (χ4v) is 1.66. The second kappa shape index (κ2) is 5.12. The molecular formula is C12H18N2O3. The number of aromatic carboxylic acids is 1. The summed E-state index contributed by atoms with van der Waals surface area (Å²) in [5, 5.41) is 9.10. The van der Waals surface area contributed by atoms with E-state index in [0.29, 0.717) is 12.2 Å². The van der Waals surface area contributed by atoms with Crippen LogP contribution in [-0.4, -0.2) is 20.6 Å². The quantitative estimate of drug-likeness (QED) is 0.866. The van der Waals surface area contributed by atoms with Crippen molar-refractivity contribution >= 4 is 5.97 Å². The summed E-state index contributed by atoms with van der Waals surface area (Å²) in [6.07, 6.45) is 1.43. The normalized spacial score (nSPS) is 11.2. The van der Waals surface area contributed by atoms with Crippen molar-refractivity contribution in [2.45, 2.75) is 40.2 Å². The summed E-state index contributed by atoms with van der Waals surface area (Å²) in [6, 6.07) is 0. The van der Waals surface area contributed by atoms with Crippen molar-refractivity contribution in [3.63, 3.8) is 0 Å². The Labute approximate surface area is 100 Å². The molecule has 0 atom stereocenters. The van der Waals surface area contributed by atoms with Gasteiger partial charge in [-0.2, -0.15) is 0 Å². The van der Waals surface area contributed by atoms with Crippen LogP contribution in [0.1, 0.15) is 49.7 Å². The van der Waals surface area contributed by atoms with Crippen LogP contribution in [0.3, 0.4) is 0 Å². The smallest absolute Gasteiger partial charge is 0.343 e. The zero-order valence-corrected chi connectivity index (χ0v) is 10.6. The Morgan fingerprint density at radius 2 is 2.00 bits per heavy atom. The maximum atomic E-state index is 12.0. The summed E-state index contributed by atoms with van der Waals surface area (Å²) in [7, 11) is 0. The summed E-state index contributed by atoms with van der Waals surface area (Å²) in [5.74, 6) is -1.02. The van der Waals surface area contributed by atoms with Gasteiger partial charge in [0.2, 0.25) is 0 Å². The Hall–Kier alpha value is -1.65. The lowest BCUT2D eigenvalue weighted by molar-refractivity contribution is 0.0691. The molecule has 0 amide bonds. The van der Waals surface area contributed by atoms with Crippen molar-refractivity contribution < 1.29 is 9.90 Å². The molecule has 1 heterocycles. The molecule has 0 saturated heterocycles. The fourth-order valence-electron chi connectivity index (χ4n) is 1.66. The summed E-state index contributed by atoms with van der Waals surface area (Å²) in [4.78, 5) is 27.2. The van der Waals surface area contributed by atoms with Crippen LogP contribution in [0.25, 0.3) is 0 Å². The maximum absolute atomic E-state index is 12.0. The molecular weight excluding hydrogens is 220 g/mol. The molecule has 0 fully saturated rings. The van der Waals surface area contributed by atoms with Crippen LogP contribution in [-0.2, 0) is 6.54 Å². The number of aromatic nitrogens is 2. The maximum Gasteiger partial charge on any atom is 0.343 e. The van der Waals surface area contributed by atoms with Gasteiger partial charge in [0.15, 0.2) is 0 Å². The van der Waals surface area contributed by atoms with E-state index in [2.05, 4.69) is 4.98 Å². The monoisotopic (exact) mass is 238 g/mol. The van der Waals surface area contributed by atoms with Crippen LogP contribution in [0, 0.1) is 5.92 Å². The summed E-state index contributed by atoms with van der Waals surface area (Å²) >= 11 is 0. The Kier molecular flexibility index (Phi) is 4.04. The van der Waals surface area contributed by atoms with Gasteiger partial charge < -0.3 is 5.11 Å². The molecule has 1 N–H and O–H groups in total. The van der Waals surface area contributed by atoms with Gasteiger partial charge in [-0.1, -0.05) is 27.7 Å². The van der Waals surface area contributed by atoms with E-state index in [1.807, 2.05) is 27.7 Å². The predicted molar refractivity (Wildman–Crippen MR) is 64.4 cm³/mol. The molecule has 0 spiro atoms. The highest BCUT2D eigenvalue weighted by molar-refractivity contribution is 5.88. The zero-order chi connectivity index (χ0) is 13.2. The standard InChI is InChI=1S/C12H18N2O3/c1-7(2)5-14-6-13-10(8(3)4)9(11(14)15)12(16)17/h6-8H,5H2,1-4H3,(H,16,17). The molecule has 0 aromatic carbocycles. The first-order valence-electron chi connectivity index (χ1n) is 5.67. The first-order valence-corrected chi connectivity index (χ1v) is 5.67. The highest BCUT2D eigenvalue weighted by atomic mass is 16.4. The third-order valence-electron chi connectivity index (χ3n) is 2.39. The first kappa shape index (κ1) is 13.4. The number of carbonyl (C=O) groups is 1. The lowest BCUT2D eigenvalue weighted by Crippen LogP contribution is -2.30. The second-order valence-electron chi connectivity index (χ2n) is 4.82. The summed E-state index contributed by atoms with van der Waals surface area (Å²) < 4.78 is 1.36. The average molecular weight is 238 g/mol. The minimum atomic E-state index is -1.20. The molecule has 0 aliphatic heterocycles. The van der Waals surface area contributed by atoms with E-state index in [4.69, 9.17) is 5.11 Å². The van der Waals surface area contributed by atoms with E-state index in [-0.39, 0.29) is 17.4 Å². The molecule has 0 unspecified atom stereocenters. The van der Waals surface area contributed by atoms with Crippen LogP contribution in [0.15, 0.2) is 11.1 Å². The molecule has 94 valence electrons. The molecule has 5 heteroatoms. The lowest BCUT2D eigenvalue weighted by atomic mass is 10.1. The van der Waals surface area contributed by atoms with Crippen molar-refractivity contribution in [2.24, 2.45) is 5.92 Å². The SMILES string of the molecule is CC(C)Cn1cnc(C(C)C)c(C(=O)O)c1=O. The molecule has 0 bridgehead atoms. The molecule has 0 aliphatic carbocycles. The topological polar surface area (TPSA) is 72.2 Å². The molecule has 0 saturated carbocycles. The number of carboxylic acid groups (broad SMARTS) is 1. The molecule has 5 nitrogen and oxygen atoms in total. The van der Waals surface area contributed by atoms with Gasteiger partial charge in [0, 0.05) is 6.54 Å². The number of hydrogen-bond acceptors (Lipinski definition) is 3. The Bertz CT molecular complexity index is 475. The molecule has 1 aromatic rings. The van der Waals surface area contributed by atoms with Gasteiger partial charge >= 0.3 is 5.97 Å². The third-order valence-corrected chi connectivity index (χ3v) is 2.39. The molecule has 1 aromatic heterocycles. The van der Waals surface area contributed by atoms with Gasteiger partial charge in [-0.15, -0.1) is 0 Å². The Morgan fingerprint density at radius 3 is 2.41 bits per heavy atom. The van der Waals surface area contributed by atoms with Crippen molar-refractivity contribution in [1.29, 1.82) is 0 Å². The van der Waals surface area contributed by atoms with Gasteiger partial charge in [-0.3, -0.25) is 9.36 Å².